The molecule has 1 aromatic carbocycles. The first-order valence-electron chi connectivity index (χ1n) is 6.72. The van der Waals surface area contributed by atoms with Crippen LogP contribution in [0.15, 0.2) is 24.3 Å². The zero-order valence-electron chi connectivity index (χ0n) is 12.4. The van der Waals surface area contributed by atoms with Crippen molar-refractivity contribution >= 4 is 12.0 Å². The lowest BCUT2D eigenvalue weighted by atomic mass is 9.87. The zero-order chi connectivity index (χ0) is 16.0. The minimum Gasteiger partial charge on any atom is -0.480 e. The predicted molar refractivity (Wildman–Crippen MR) is 77.5 cm³/mol. The summed E-state index contributed by atoms with van der Waals surface area (Å²) in [4.78, 5) is 22.8. The quantitative estimate of drug-likeness (QED) is 0.779. The number of carbonyl (C=O) groups is 2. The molecule has 116 valence electrons. The highest BCUT2D eigenvalue weighted by molar-refractivity contribution is 5.83. The third-order valence-corrected chi connectivity index (χ3v) is 3.03. The number of halogens is 1. The Kier molecular flexibility index (Phi) is 5.69. The van der Waals surface area contributed by atoms with Gasteiger partial charge < -0.3 is 15.7 Å². The van der Waals surface area contributed by atoms with Crippen molar-refractivity contribution in [1.29, 1.82) is 0 Å². The van der Waals surface area contributed by atoms with Crippen LogP contribution >= 0.6 is 0 Å². The largest absolute Gasteiger partial charge is 0.480 e. The molecule has 0 radical (unpaired) electrons. The number of benzene rings is 1. The highest BCUT2D eigenvalue weighted by Gasteiger charge is 2.32. The van der Waals surface area contributed by atoms with E-state index < -0.39 is 23.5 Å². The van der Waals surface area contributed by atoms with Gasteiger partial charge in [0.1, 0.15) is 11.9 Å². The molecule has 0 aliphatic heterocycles. The van der Waals surface area contributed by atoms with E-state index in [1.165, 1.54) is 6.07 Å². The highest BCUT2D eigenvalue weighted by Crippen LogP contribution is 2.19. The zero-order valence-corrected chi connectivity index (χ0v) is 12.4. The minimum atomic E-state index is -1.09. The number of carbonyl (C=O) groups excluding carboxylic acids is 1. The molecule has 0 heterocycles. The van der Waals surface area contributed by atoms with Crippen LogP contribution in [0.5, 0.6) is 0 Å². The first-order chi connectivity index (χ1) is 9.71. The average Bonchev–Trinajstić information content (AvgIpc) is 2.36. The van der Waals surface area contributed by atoms with Crippen LogP contribution in [0.1, 0.15) is 26.3 Å². The van der Waals surface area contributed by atoms with Crippen LogP contribution in [0, 0.1) is 11.2 Å². The molecule has 0 fully saturated rings. The Morgan fingerprint density at radius 3 is 2.43 bits per heavy atom. The second-order valence-corrected chi connectivity index (χ2v) is 5.88. The number of hydrogen-bond donors (Lipinski definition) is 3. The molecule has 0 saturated carbocycles. The Morgan fingerprint density at radius 2 is 1.90 bits per heavy atom. The summed E-state index contributed by atoms with van der Waals surface area (Å²) in [5, 5.41) is 14.1. The Bertz CT molecular complexity index is 512. The molecule has 0 saturated heterocycles. The van der Waals surface area contributed by atoms with Crippen molar-refractivity contribution in [3.63, 3.8) is 0 Å². The molecule has 0 aromatic heterocycles. The summed E-state index contributed by atoms with van der Waals surface area (Å²) in [6, 6.07) is 4.75. The van der Waals surface area contributed by atoms with E-state index in [0.717, 1.165) is 0 Å². The summed E-state index contributed by atoms with van der Waals surface area (Å²) in [5.41, 5.74) is -0.0993. The van der Waals surface area contributed by atoms with Crippen LogP contribution in [0.2, 0.25) is 0 Å². The maximum absolute atomic E-state index is 13.4. The maximum atomic E-state index is 13.4. The van der Waals surface area contributed by atoms with E-state index in [1.54, 1.807) is 39.0 Å². The van der Waals surface area contributed by atoms with Gasteiger partial charge in [0.2, 0.25) is 0 Å². The van der Waals surface area contributed by atoms with Gasteiger partial charge in [0.25, 0.3) is 0 Å². The first kappa shape index (κ1) is 16.9. The van der Waals surface area contributed by atoms with E-state index in [0.29, 0.717) is 12.0 Å². The van der Waals surface area contributed by atoms with Crippen molar-refractivity contribution in [1.82, 2.24) is 10.6 Å². The molecule has 1 atom stereocenters. The van der Waals surface area contributed by atoms with Crippen LogP contribution in [0.25, 0.3) is 0 Å². The number of hydrogen-bond acceptors (Lipinski definition) is 2. The predicted octanol–water partition coefficient (Wildman–Crippen LogP) is 2.17. The van der Waals surface area contributed by atoms with Gasteiger partial charge in [0.15, 0.2) is 0 Å². The second-order valence-electron chi connectivity index (χ2n) is 5.88. The van der Waals surface area contributed by atoms with Crippen molar-refractivity contribution in [3.8, 4) is 0 Å². The van der Waals surface area contributed by atoms with Gasteiger partial charge in [-0.1, -0.05) is 39.0 Å². The minimum absolute atomic E-state index is 0.225. The Morgan fingerprint density at radius 1 is 1.29 bits per heavy atom. The lowest BCUT2D eigenvalue weighted by Crippen LogP contribution is -2.52. The molecule has 1 unspecified atom stereocenters. The molecular weight excluding hydrogens is 275 g/mol. The second kappa shape index (κ2) is 7.06. The van der Waals surface area contributed by atoms with Crippen LogP contribution in [-0.2, 0) is 11.2 Å². The van der Waals surface area contributed by atoms with Gasteiger partial charge in [-0.3, -0.25) is 0 Å². The third-order valence-electron chi connectivity index (χ3n) is 3.03. The number of urea groups is 1. The highest BCUT2D eigenvalue weighted by atomic mass is 19.1. The van der Waals surface area contributed by atoms with Crippen LogP contribution in [-0.4, -0.2) is 29.7 Å². The van der Waals surface area contributed by atoms with Gasteiger partial charge in [-0.25, -0.2) is 14.0 Å². The van der Waals surface area contributed by atoms with E-state index in [1.807, 2.05) is 0 Å². The fraction of sp³-hybridized carbons (Fsp3) is 0.467. The summed E-state index contributed by atoms with van der Waals surface area (Å²) < 4.78 is 13.4. The molecule has 21 heavy (non-hydrogen) atoms. The molecule has 2 amide bonds. The van der Waals surface area contributed by atoms with E-state index in [4.69, 9.17) is 5.11 Å². The van der Waals surface area contributed by atoms with Crippen LogP contribution < -0.4 is 10.6 Å². The van der Waals surface area contributed by atoms with Crippen LogP contribution in [0.4, 0.5) is 9.18 Å². The number of amides is 2. The van der Waals surface area contributed by atoms with Crippen molar-refractivity contribution < 1.29 is 19.1 Å². The van der Waals surface area contributed by atoms with Crippen LogP contribution in [0.3, 0.4) is 0 Å². The molecule has 5 nitrogen and oxygen atoms in total. The number of nitrogens with one attached hydrogen (secondary N) is 2. The molecular formula is C15H21FN2O3. The smallest absolute Gasteiger partial charge is 0.326 e. The van der Waals surface area contributed by atoms with Gasteiger partial charge in [-0.05, 0) is 23.5 Å². The lowest BCUT2D eigenvalue weighted by molar-refractivity contribution is -0.141. The Labute approximate surface area is 123 Å². The van der Waals surface area contributed by atoms with Crippen molar-refractivity contribution in [2.24, 2.45) is 5.41 Å². The molecule has 3 N–H and O–H groups in total. The molecule has 0 bridgehead atoms. The number of rotatable bonds is 5. The van der Waals surface area contributed by atoms with E-state index in [2.05, 4.69) is 10.6 Å². The summed E-state index contributed by atoms with van der Waals surface area (Å²) in [5.74, 6) is -1.41. The molecule has 0 aliphatic rings. The van der Waals surface area contributed by atoms with E-state index >= 15 is 0 Å². The third kappa shape index (κ3) is 5.41. The Hall–Kier alpha value is -2.11. The summed E-state index contributed by atoms with van der Waals surface area (Å²) >= 11 is 0. The number of carboxylic acids is 1. The lowest BCUT2D eigenvalue weighted by Gasteiger charge is -2.27. The SMILES string of the molecule is CC(C)(C)C(NC(=O)NCCc1ccccc1F)C(=O)O. The summed E-state index contributed by atoms with van der Waals surface area (Å²) in [7, 11) is 0. The molecule has 0 spiro atoms. The van der Waals surface area contributed by atoms with Gasteiger partial charge in [0.05, 0.1) is 0 Å². The molecule has 1 aromatic rings. The fourth-order valence-electron chi connectivity index (χ4n) is 1.84. The van der Waals surface area contributed by atoms with E-state index in [-0.39, 0.29) is 12.4 Å². The van der Waals surface area contributed by atoms with Gasteiger partial charge in [-0.2, -0.15) is 0 Å². The molecule has 1 rings (SSSR count). The first-order valence-corrected chi connectivity index (χ1v) is 6.72. The van der Waals surface area contributed by atoms with Gasteiger partial charge >= 0.3 is 12.0 Å². The van der Waals surface area contributed by atoms with Gasteiger partial charge in [0, 0.05) is 6.54 Å². The topological polar surface area (TPSA) is 78.4 Å². The number of aliphatic carboxylic acids is 1. The standard InChI is InChI=1S/C15H21FN2O3/c1-15(2,3)12(13(19)20)18-14(21)17-9-8-10-6-4-5-7-11(10)16/h4-7,12H,8-9H2,1-3H3,(H,19,20)(H2,17,18,21). The summed E-state index contributed by atoms with van der Waals surface area (Å²) in [6.07, 6.45) is 0.341. The molecule has 6 heteroatoms. The summed E-state index contributed by atoms with van der Waals surface area (Å²) in [6.45, 7) is 5.41. The van der Waals surface area contributed by atoms with Gasteiger partial charge in [-0.15, -0.1) is 0 Å². The fourth-order valence-corrected chi connectivity index (χ4v) is 1.84. The van der Waals surface area contributed by atoms with Crippen molar-refractivity contribution in [3.05, 3.63) is 35.6 Å². The van der Waals surface area contributed by atoms with Crippen molar-refractivity contribution in [2.45, 2.75) is 33.2 Å². The number of carboxylic acid groups (broad SMARTS) is 1. The average molecular weight is 296 g/mol. The maximum Gasteiger partial charge on any atom is 0.326 e. The van der Waals surface area contributed by atoms with Crippen molar-refractivity contribution in [2.75, 3.05) is 6.54 Å². The molecule has 0 aliphatic carbocycles. The monoisotopic (exact) mass is 296 g/mol. The normalized spacial score (nSPS) is 12.6. The van der Waals surface area contributed by atoms with E-state index in [9.17, 15) is 14.0 Å². The Balaban J connectivity index is 2.47.